The van der Waals surface area contributed by atoms with Crippen LogP contribution in [0.2, 0.25) is 0 Å². The largest absolute Gasteiger partial charge is 0.491 e. The van der Waals surface area contributed by atoms with Crippen LogP contribution in [0.5, 0.6) is 5.75 Å². The van der Waals surface area contributed by atoms with Crippen LogP contribution in [0.25, 0.3) is 11.3 Å². The molecule has 1 N–H and O–H groups in total. The van der Waals surface area contributed by atoms with Crippen LogP contribution in [0.3, 0.4) is 0 Å². The van der Waals surface area contributed by atoms with Crippen LogP contribution in [0.15, 0.2) is 42.6 Å². The van der Waals surface area contributed by atoms with Gasteiger partial charge < -0.3 is 14.7 Å². The van der Waals surface area contributed by atoms with Gasteiger partial charge in [-0.25, -0.2) is 9.37 Å². The minimum Gasteiger partial charge on any atom is -0.491 e. The van der Waals surface area contributed by atoms with Crippen LogP contribution in [-0.4, -0.2) is 40.7 Å². The zero-order chi connectivity index (χ0) is 25.9. The first-order valence-corrected chi connectivity index (χ1v) is 12.4. The van der Waals surface area contributed by atoms with Crippen LogP contribution >= 0.6 is 0 Å². The average Bonchev–Trinajstić information content (AvgIpc) is 2.82. The number of rotatable bonds is 8. The summed E-state index contributed by atoms with van der Waals surface area (Å²) in [7, 11) is 0. The minimum atomic E-state index is -0.871. The Bertz CT molecular complexity index is 1230. The third-order valence-corrected chi connectivity index (χ3v) is 7.00. The third kappa shape index (κ3) is 6.01. The van der Waals surface area contributed by atoms with E-state index in [1.807, 2.05) is 32.2 Å². The highest BCUT2D eigenvalue weighted by Gasteiger charge is 2.29. The van der Waals surface area contributed by atoms with Gasteiger partial charge in [0.25, 0.3) is 0 Å². The number of benzene rings is 1. The van der Waals surface area contributed by atoms with Gasteiger partial charge >= 0.3 is 5.97 Å². The van der Waals surface area contributed by atoms with Crippen molar-refractivity contribution in [1.29, 1.82) is 0 Å². The number of carboxylic acids is 1. The normalized spacial score (nSPS) is 15.1. The summed E-state index contributed by atoms with van der Waals surface area (Å²) in [5, 5.41) is 9.62. The van der Waals surface area contributed by atoms with Gasteiger partial charge in [0.15, 0.2) is 0 Å². The van der Waals surface area contributed by atoms with Crippen LogP contribution in [0.4, 0.5) is 10.1 Å². The summed E-state index contributed by atoms with van der Waals surface area (Å²) >= 11 is 0. The van der Waals surface area contributed by atoms with Gasteiger partial charge in [0.2, 0.25) is 0 Å². The number of piperidine rings is 1. The Kier molecular flexibility index (Phi) is 7.57. The van der Waals surface area contributed by atoms with E-state index in [0.717, 1.165) is 65.4 Å². The molecule has 1 fully saturated rings. The first-order valence-electron chi connectivity index (χ1n) is 12.4. The molecule has 1 aliphatic rings. The summed E-state index contributed by atoms with van der Waals surface area (Å²) in [6.07, 6.45) is 4.47. The zero-order valence-electron chi connectivity index (χ0n) is 21.5. The van der Waals surface area contributed by atoms with Crippen molar-refractivity contribution in [3.8, 4) is 17.0 Å². The van der Waals surface area contributed by atoms with Gasteiger partial charge in [-0.3, -0.25) is 9.78 Å². The molecule has 1 saturated heterocycles. The molecule has 0 bridgehead atoms. The number of halogens is 1. The van der Waals surface area contributed by atoms with Gasteiger partial charge in [-0.05, 0) is 61.9 Å². The van der Waals surface area contributed by atoms with Gasteiger partial charge in [-0.2, -0.15) is 0 Å². The standard InChI is InChI=1S/C29H34FN3O3/c1-19-23(17-27(34)35)28(33-14-12-29(3,4)13-15-33)24(18-31-19)25-9-10-26(20(2)32-25)36-16-11-21-5-7-22(30)8-6-21/h5-10,18H,11-17H2,1-4H3,(H,34,35). The van der Waals surface area contributed by atoms with Crippen LogP contribution in [0, 0.1) is 25.1 Å². The van der Waals surface area contributed by atoms with Gasteiger partial charge in [0.05, 0.1) is 30.1 Å². The molecule has 2 aromatic heterocycles. The minimum absolute atomic E-state index is 0.0779. The summed E-state index contributed by atoms with van der Waals surface area (Å²) in [4.78, 5) is 23.4. The first kappa shape index (κ1) is 25.6. The lowest BCUT2D eigenvalue weighted by molar-refractivity contribution is -0.136. The molecule has 0 amide bonds. The molecule has 190 valence electrons. The van der Waals surface area contributed by atoms with Crippen molar-refractivity contribution in [3.05, 3.63) is 70.9 Å². The van der Waals surface area contributed by atoms with E-state index in [0.29, 0.717) is 18.8 Å². The molecule has 1 aliphatic heterocycles. The zero-order valence-corrected chi connectivity index (χ0v) is 21.5. The van der Waals surface area contributed by atoms with E-state index in [1.54, 1.807) is 12.1 Å². The predicted molar refractivity (Wildman–Crippen MR) is 139 cm³/mol. The maximum absolute atomic E-state index is 13.1. The second-order valence-electron chi connectivity index (χ2n) is 10.3. The summed E-state index contributed by atoms with van der Waals surface area (Å²) < 4.78 is 19.1. The van der Waals surface area contributed by atoms with Crippen LogP contribution in [-0.2, 0) is 17.6 Å². The van der Waals surface area contributed by atoms with E-state index in [4.69, 9.17) is 9.72 Å². The Labute approximate surface area is 212 Å². The number of hydrogen-bond acceptors (Lipinski definition) is 5. The molecule has 0 atom stereocenters. The number of anilines is 1. The number of carboxylic acid groups (broad SMARTS) is 1. The molecule has 4 rings (SSSR count). The molecule has 1 aromatic carbocycles. The lowest BCUT2D eigenvalue weighted by Crippen LogP contribution is -2.38. The summed E-state index contributed by atoms with van der Waals surface area (Å²) in [5.41, 5.74) is 6.03. The quantitative estimate of drug-likeness (QED) is 0.431. The highest BCUT2D eigenvalue weighted by atomic mass is 19.1. The molecule has 7 heteroatoms. The first-order chi connectivity index (χ1) is 17.1. The molecular weight excluding hydrogens is 457 g/mol. The molecule has 0 aliphatic carbocycles. The van der Waals surface area contributed by atoms with Crippen molar-refractivity contribution in [2.45, 2.75) is 53.4 Å². The maximum atomic E-state index is 13.1. The van der Waals surface area contributed by atoms with E-state index in [9.17, 15) is 14.3 Å². The number of hydrogen-bond donors (Lipinski definition) is 1. The molecule has 0 saturated carbocycles. The highest BCUT2D eigenvalue weighted by molar-refractivity contribution is 5.83. The number of aliphatic carboxylic acids is 1. The van der Waals surface area contributed by atoms with Crippen molar-refractivity contribution in [1.82, 2.24) is 9.97 Å². The molecule has 3 aromatic rings. The summed E-state index contributed by atoms with van der Waals surface area (Å²) in [5.74, 6) is -0.433. The number of aryl methyl sites for hydroxylation is 2. The maximum Gasteiger partial charge on any atom is 0.307 e. The Morgan fingerprint density at radius 1 is 1.08 bits per heavy atom. The van der Waals surface area contributed by atoms with Gasteiger partial charge in [-0.15, -0.1) is 0 Å². The fraction of sp³-hybridized carbons (Fsp3) is 0.414. The Balaban J connectivity index is 1.61. The van der Waals surface area contributed by atoms with Crippen molar-refractivity contribution < 1.29 is 19.0 Å². The van der Waals surface area contributed by atoms with Gasteiger partial charge in [0.1, 0.15) is 11.6 Å². The number of nitrogens with zero attached hydrogens (tertiary/aromatic N) is 3. The van der Waals surface area contributed by atoms with E-state index >= 15 is 0 Å². The number of carbonyl (C=O) groups is 1. The SMILES string of the molecule is Cc1nc(-c2cnc(C)c(CC(=O)O)c2N2CCC(C)(C)CC2)ccc1OCCc1ccc(F)cc1. The Hall–Kier alpha value is -3.48. The van der Waals surface area contributed by atoms with E-state index in [2.05, 4.69) is 23.7 Å². The van der Waals surface area contributed by atoms with Crippen LogP contribution < -0.4 is 9.64 Å². The fourth-order valence-corrected chi connectivity index (χ4v) is 4.66. The smallest absolute Gasteiger partial charge is 0.307 e. The van der Waals surface area contributed by atoms with Crippen molar-refractivity contribution in [2.75, 3.05) is 24.6 Å². The van der Waals surface area contributed by atoms with E-state index in [1.165, 1.54) is 12.1 Å². The summed E-state index contributed by atoms with van der Waals surface area (Å²) in [6.45, 7) is 10.5. The third-order valence-electron chi connectivity index (χ3n) is 7.00. The lowest BCUT2D eigenvalue weighted by Gasteiger charge is -2.40. The monoisotopic (exact) mass is 491 g/mol. The molecule has 6 nitrogen and oxygen atoms in total. The molecule has 0 unspecified atom stereocenters. The predicted octanol–water partition coefficient (Wildman–Crippen LogP) is 5.77. The average molecular weight is 492 g/mol. The number of pyridine rings is 2. The lowest BCUT2D eigenvalue weighted by atomic mass is 9.82. The second-order valence-corrected chi connectivity index (χ2v) is 10.3. The fourth-order valence-electron chi connectivity index (χ4n) is 4.66. The molecular formula is C29H34FN3O3. The Morgan fingerprint density at radius 2 is 1.78 bits per heavy atom. The highest BCUT2D eigenvalue weighted by Crippen LogP contribution is 2.39. The Morgan fingerprint density at radius 3 is 2.42 bits per heavy atom. The van der Waals surface area contributed by atoms with Gasteiger partial charge in [0, 0.05) is 42.5 Å². The molecule has 3 heterocycles. The molecule has 36 heavy (non-hydrogen) atoms. The van der Waals surface area contributed by atoms with Crippen molar-refractivity contribution in [3.63, 3.8) is 0 Å². The number of aromatic nitrogens is 2. The number of ether oxygens (including phenoxy) is 1. The summed E-state index contributed by atoms with van der Waals surface area (Å²) in [6, 6.07) is 10.2. The van der Waals surface area contributed by atoms with Crippen molar-refractivity contribution in [2.24, 2.45) is 5.41 Å². The van der Waals surface area contributed by atoms with Gasteiger partial charge in [-0.1, -0.05) is 26.0 Å². The molecule has 0 radical (unpaired) electrons. The van der Waals surface area contributed by atoms with Crippen molar-refractivity contribution >= 4 is 11.7 Å². The second kappa shape index (κ2) is 10.6. The topological polar surface area (TPSA) is 75.5 Å². The van der Waals surface area contributed by atoms with E-state index in [-0.39, 0.29) is 17.7 Å². The van der Waals surface area contributed by atoms with Crippen LogP contribution in [0.1, 0.15) is 49.2 Å². The van der Waals surface area contributed by atoms with E-state index < -0.39 is 5.97 Å². The molecule has 0 spiro atoms.